The second-order valence-electron chi connectivity index (χ2n) is 10.4. The number of amides is 1. The highest BCUT2D eigenvalue weighted by atomic mass is 16.8. The monoisotopic (exact) mass is 677 g/mol. The molecule has 2 rings (SSSR count). The van der Waals surface area contributed by atoms with Crippen LogP contribution in [0.4, 0.5) is 0 Å². The summed E-state index contributed by atoms with van der Waals surface area (Å²) in [6, 6.07) is -1.49. The first kappa shape index (κ1) is 38.8. The normalized spacial score (nSPS) is 30.0. The van der Waals surface area contributed by atoms with E-state index >= 15 is 0 Å². The predicted molar refractivity (Wildman–Crippen MR) is 147 cm³/mol. The smallest absolute Gasteiger partial charge is 0.305 e. The van der Waals surface area contributed by atoms with E-state index in [1.165, 1.54) is 0 Å². The van der Waals surface area contributed by atoms with Crippen molar-refractivity contribution in [1.82, 2.24) is 5.32 Å². The molecule has 2 aliphatic heterocycles. The molecule has 2 saturated heterocycles. The fraction of sp³-hybridized carbons (Fsp3) is 0.714. The lowest BCUT2D eigenvalue weighted by Crippen LogP contribution is -2.69. The first-order valence-corrected chi connectivity index (χ1v) is 14.3. The Morgan fingerprint density at radius 3 is 1.26 bits per heavy atom. The van der Waals surface area contributed by atoms with Gasteiger partial charge in [-0.25, -0.2) is 0 Å². The number of rotatable bonds is 12. The fourth-order valence-corrected chi connectivity index (χ4v) is 4.84. The largest absolute Gasteiger partial charge is 0.463 e. The third kappa shape index (κ3) is 12.1. The molecule has 0 spiro atoms. The summed E-state index contributed by atoms with van der Waals surface area (Å²) in [4.78, 5) is 96.6. The second-order valence-corrected chi connectivity index (χ2v) is 10.4. The maximum Gasteiger partial charge on any atom is 0.305 e. The molecule has 0 aromatic heterocycles. The zero-order valence-electron chi connectivity index (χ0n) is 27.0. The Kier molecular flexibility index (Phi) is 14.5. The third-order valence-electron chi connectivity index (χ3n) is 6.29. The van der Waals surface area contributed by atoms with Gasteiger partial charge >= 0.3 is 41.8 Å². The van der Waals surface area contributed by atoms with Crippen LogP contribution in [0.25, 0.3) is 0 Å². The minimum Gasteiger partial charge on any atom is -0.463 e. The van der Waals surface area contributed by atoms with E-state index in [1.54, 1.807) is 0 Å². The number of esters is 7. The number of nitrogens with one attached hydrogen (secondary N) is 1. The van der Waals surface area contributed by atoms with Gasteiger partial charge < -0.3 is 52.7 Å². The highest BCUT2D eigenvalue weighted by Crippen LogP contribution is 2.34. The van der Waals surface area contributed by atoms with E-state index in [9.17, 15) is 38.4 Å². The molecule has 19 nitrogen and oxygen atoms in total. The lowest BCUT2D eigenvalue weighted by Gasteiger charge is -2.49. The maximum absolute atomic E-state index is 12.4. The molecule has 0 aromatic carbocycles. The lowest BCUT2D eigenvalue weighted by atomic mass is 9.94. The molecular weight excluding hydrogens is 638 g/mol. The summed E-state index contributed by atoms with van der Waals surface area (Å²) in [5.74, 6) is -6.65. The van der Waals surface area contributed by atoms with Gasteiger partial charge in [-0.15, -0.1) is 0 Å². The van der Waals surface area contributed by atoms with E-state index in [0.29, 0.717) is 0 Å². The minimum absolute atomic E-state index is 0.571. The van der Waals surface area contributed by atoms with E-state index < -0.39 is 122 Å². The molecule has 19 heteroatoms. The van der Waals surface area contributed by atoms with Gasteiger partial charge in [0.05, 0.1) is 0 Å². The highest BCUT2D eigenvalue weighted by molar-refractivity contribution is 5.74. The Balaban J connectivity index is 2.75. The molecule has 10 atom stereocenters. The molecule has 47 heavy (non-hydrogen) atoms. The summed E-state index contributed by atoms with van der Waals surface area (Å²) in [7, 11) is 0. The molecule has 1 amide bonds. The molecule has 0 aromatic rings. The van der Waals surface area contributed by atoms with Crippen molar-refractivity contribution in [3.63, 3.8) is 0 Å². The first-order valence-electron chi connectivity index (χ1n) is 14.3. The van der Waals surface area contributed by atoms with Crippen LogP contribution in [0.3, 0.4) is 0 Å². The van der Waals surface area contributed by atoms with Gasteiger partial charge in [0.2, 0.25) is 12.2 Å². The Morgan fingerprint density at radius 2 is 0.851 bits per heavy atom. The van der Waals surface area contributed by atoms with Gasteiger partial charge in [-0.2, -0.15) is 0 Å². The van der Waals surface area contributed by atoms with Gasteiger partial charge in [0, 0.05) is 55.4 Å². The number of ether oxygens (including phenoxy) is 10. The number of hydrogen-bond donors (Lipinski definition) is 1. The van der Waals surface area contributed by atoms with E-state index in [2.05, 4.69) is 5.32 Å². The van der Waals surface area contributed by atoms with Gasteiger partial charge in [-0.05, 0) is 0 Å². The summed E-state index contributed by atoms with van der Waals surface area (Å²) >= 11 is 0. The van der Waals surface area contributed by atoms with E-state index in [1.807, 2.05) is 0 Å². The average molecular weight is 678 g/mol. The molecule has 264 valence electrons. The average Bonchev–Trinajstić information content (AvgIpc) is 2.91. The zero-order valence-corrected chi connectivity index (χ0v) is 27.0. The van der Waals surface area contributed by atoms with E-state index in [4.69, 9.17) is 47.4 Å². The van der Waals surface area contributed by atoms with Gasteiger partial charge in [0.25, 0.3) is 0 Å². The van der Waals surface area contributed by atoms with Crippen molar-refractivity contribution in [3.8, 4) is 0 Å². The van der Waals surface area contributed by atoms with Crippen LogP contribution >= 0.6 is 0 Å². The lowest BCUT2D eigenvalue weighted by molar-refractivity contribution is -0.345. The van der Waals surface area contributed by atoms with Gasteiger partial charge in [0.1, 0.15) is 37.6 Å². The number of hydrogen-bond acceptors (Lipinski definition) is 18. The maximum atomic E-state index is 12.4. The molecule has 1 N–H and O–H groups in total. The first-order chi connectivity index (χ1) is 21.9. The van der Waals surface area contributed by atoms with Crippen LogP contribution in [0.1, 0.15) is 55.4 Å². The van der Waals surface area contributed by atoms with Gasteiger partial charge in [-0.3, -0.25) is 38.4 Å². The summed E-state index contributed by atoms with van der Waals surface area (Å²) in [5.41, 5.74) is 0. The Hall–Kier alpha value is -4.36. The number of carbonyl (C=O) groups excluding carboxylic acids is 8. The third-order valence-corrected chi connectivity index (χ3v) is 6.29. The van der Waals surface area contributed by atoms with Crippen molar-refractivity contribution < 1.29 is 85.7 Å². The standard InChI is InChI=1S/C28H39NO18/c1-11(30)29-21-24(42-16(6)35)22(40-14(4)33)19(9-38-12(2)31)45-27(21)47-25-23(41-15(5)34)20(10-39-13(3)32)46-28(44-18(8)37)26(25)43-17(7)36/h19-28H,9-10H2,1-8H3,(H,29,30)/t19?,20?,21?,22-,23-,24+,25-,26?,27-,28+/m0/s1. The van der Waals surface area contributed by atoms with Crippen LogP contribution in [-0.2, 0) is 85.7 Å². The van der Waals surface area contributed by atoms with Crippen molar-refractivity contribution >= 4 is 47.7 Å². The van der Waals surface area contributed by atoms with Gasteiger partial charge in [-0.1, -0.05) is 0 Å². The van der Waals surface area contributed by atoms with Crippen LogP contribution in [0.5, 0.6) is 0 Å². The molecule has 0 bridgehead atoms. The molecule has 2 aliphatic rings. The molecular formula is C28H39NO18. The quantitative estimate of drug-likeness (QED) is 0.187. The molecule has 0 radical (unpaired) electrons. The van der Waals surface area contributed by atoms with Crippen molar-refractivity contribution in [2.24, 2.45) is 0 Å². The molecule has 2 fully saturated rings. The Labute approximate surface area is 269 Å². The zero-order chi connectivity index (χ0) is 35.6. The van der Waals surface area contributed by atoms with Crippen molar-refractivity contribution in [3.05, 3.63) is 0 Å². The van der Waals surface area contributed by atoms with Crippen molar-refractivity contribution in [1.29, 1.82) is 0 Å². The van der Waals surface area contributed by atoms with Crippen LogP contribution < -0.4 is 5.32 Å². The summed E-state index contributed by atoms with van der Waals surface area (Å²) in [6.45, 7) is 7.32. The topological polar surface area (TPSA) is 241 Å². The summed E-state index contributed by atoms with van der Waals surface area (Å²) < 4.78 is 55.1. The second kappa shape index (κ2) is 17.5. The highest BCUT2D eigenvalue weighted by Gasteiger charge is 2.57. The number of carbonyl (C=O) groups is 8. The summed E-state index contributed by atoms with van der Waals surface area (Å²) in [5, 5.41) is 2.50. The van der Waals surface area contributed by atoms with Crippen LogP contribution in [0.2, 0.25) is 0 Å². The van der Waals surface area contributed by atoms with Gasteiger partial charge in [0.15, 0.2) is 30.7 Å². The Morgan fingerprint density at radius 1 is 0.468 bits per heavy atom. The molecule has 0 saturated carbocycles. The van der Waals surface area contributed by atoms with Crippen LogP contribution in [0.15, 0.2) is 0 Å². The predicted octanol–water partition coefficient (Wildman–Crippen LogP) is -1.26. The molecule has 0 aliphatic carbocycles. The molecule has 2 heterocycles. The van der Waals surface area contributed by atoms with E-state index in [0.717, 1.165) is 55.4 Å². The molecule has 4 unspecified atom stereocenters. The fourth-order valence-electron chi connectivity index (χ4n) is 4.84. The van der Waals surface area contributed by atoms with Crippen LogP contribution in [0, 0.1) is 0 Å². The van der Waals surface area contributed by atoms with Crippen molar-refractivity contribution in [2.45, 2.75) is 117 Å². The SMILES string of the molecule is CC(=O)NC1[C@H](O[C@@H]2C(OC(C)=O)[C@H](OC(C)=O)OC(COC(C)=O)[C@@H]2OC(C)=O)OC(COC(C)=O)[C@H](OC(C)=O)[C@@H]1OC(C)=O. The minimum atomic E-state index is -1.75. The van der Waals surface area contributed by atoms with E-state index in [-0.39, 0.29) is 0 Å². The summed E-state index contributed by atoms with van der Waals surface area (Å²) in [6.07, 6.45) is -14.2. The van der Waals surface area contributed by atoms with Crippen LogP contribution in [-0.4, -0.2) is 122 Å². The van der Waals surface area contributed by atoms with Crippen molar-refractivity contribution in [2.75, 3.05) is 13.2 Å². The Bertz CT molecular complexity index is 1200.